The third kappa shape index (κ3) is 2.35. The van der Waals surface area contributed by atoms with Crippen molar-refractivity contribution in [3.63, 3.8) is 0 Å². The molecular weight excluding hydrogens is 230 g/mol. The van der Waals surface area contributed by atoms with Gasteiger partial charge in [-0.15, -0.1) is 0 Å². The average molecular weight is 253 g/mol. The minimum absolute atomic E-state index is 0.0676. The Balaban J connectivity index is 3.16. The molecule has 0 amide bonds. The highest BCUT2D eigenvalue weighted by Crippen LogP contribution is 2.32. The number of hydrogen-bond acceptors (Lipinski definition) is 4. The van der Waals surface area contributed by atoms with E-state index >= 15 is 0 Å². The van der Waals surface area contributed by atoms with Crippen LogP contribution >= 0.6 is 0 Å². The zero-order valence-electron chi connectivity index (χ0n) is 11.7. The summed E-state index contributed by atoms with van der Waals surface area (Å²) in [5.41, 5.74) is 6.20. The summed E-state index contributed by atoms with van der Waals surface area (Å²) in [6.07, 6.45) is 4.49. The van der Waals surface area contributed by atoms with Gasteiger partial charge in [0.25, 0.3) is 0 Å². The van der Waals surface area contributed by atoms with Gasteiger partial charge in [0.2, 0.25) is 0 Å². The molecule has 18 heavy (non-hydrogen) atoms. The molecule has 1 aromatic heterocycles. The Hall–Kier alpha value is -1.52. The van der Waals surface area contributed by atoms with E-state index in [2.05, 4.69) is 25.8 Å². The molecule has 0 aliphatic rings. The van der Waals surface area contributed by atoms with Crippen LogP contribution in [0.25, 0.3) is 0 Å². The van der Waals surface area contributed by atoms with Crippen molar-refractivity contribution in [2.45, 2.75) is 52.5 Å². The van der Waals surface area contributed by atoms with Crippen LogP contribution in [0.3, 0.4) is 0 Å². The van der Waals surface area contributed by atoms with Crippen LogP contribution in [0.15, 0.2) is 6.33 Å². The van der Waals surface area contributed by atoms with Crippen molar-refractivity contribution in [3.8, 4) is 0 Å². The molecule has 102 valence electrons. The average Bonchev–Trinajstić information content (AvgIpc) is 2.76. The maximum atomic E-state index is 11.7. The summed E-state index contributed by atoms with van der Waals surface area (Å²) in [7, 11) is 0. The molecule has 5 heteroatoms. The first-order valence-corrected chi connectivity index (χ1v) is 6.56. The Labute approximate surface area is 108 Å². The van der Waals surface area contributed by atoms with Crippen LogP contribution < -0.4 is 5.73 Å². The molecule has 0 fully saturated rings. The molecule has 1 heterocycles. The molecule has 0 aliphatic heterocycles. The van der Waals surface area contributed by atoms with Crippen LogP contribution in [0.5, 0.6) is 0 Å². The zero-order valence-corrected chi connectivity index (χ0v) is 11.7. The van der Waals surface area contributed by atoms with E-state index in [1.165, 1.54) is 0 Å². The van der Waals surface area contributed by atoms with Gasteiger partial charge in [-0.3, -0.25) is 0 Å². The van der Waals surface area contributed by atoms with Gasteiger partial charge in [-0.25, -0.2) is 9.78 Å². The largest absolute Gasteiger partial charge is 0.461 e. The second kappa shape index (κ2) is 5.89. The number of esters is 1. The molecule has 0 aromatic carbocycles. The molecule has 0 atom stereocenters. The number of nitrogen functional groups attached to an aromatic ring is 1. The highest BCUT2D eigenvalue weighted by molar-refractivity contribution is 5.92. The first-order chi connectivity index (χ1) is 8.56. The Morgan fingerprint density at radius 1 is 1.33 bits per heavy atom. The third-order valence-electron chi connectivity index (χ3n) is 3.76. The highest BCUT2D eigenvalue weighted by Gasteiger charge is 2.30. The first kappa shape index (κ1) is 14.5. The van der Waals surface area contributed by atoms with Crippen LogP contribution in [0, 0.1) is 0 Å². The van der Waals surface area contributed by atoms with Crippen molar-refractivity contribution < 1.29 is 9.53 Å². The lowest BCUT2D eigenvalue weighted by Gasteiger charge is -2.33. The third-order valence-corrected chi connectivity index (χ3v) is 3.76. The van der Waals surface area contributed by atoms with E-state index in [9.17, 15) is 4.79 Å². The van der Waals surface area contributed by atoms with E-state index in [0.29, 0.717) is 12.4 Å². The second-order valence-electron chi connectivity index (χ2n) is 4.35. The van der Waals surface area contributed by atoms with Gasteiger partial charge in [0.05, 0.1) is 12.9 Å². The predicted octanol–water partition coefficient (Wildman–Crippen LogP) is 2.57. The van der Waals surface area contributed by atoms with Crippen molar-refractivity contribution >= 4 is 11.8 Å². The summed E-state index contributed by atoms with van der Waals surface area (Å²) in [5.74, 6) is -0.0510. The summed E-state index contributed by atoms with van der Waals surface area (Å²) in [5, 5.41) is 0. The molecule has 1 rings (SSSR count). The van der Waals surface area contributed by atoms with Crippen LogP contribution in [-0.4, -0.2) is 22.1 Å². The van der Waals surface area contributed by atoms with Crippen LogP contribution in [-0.2, 0) is 10.3 Å². The number of rotatable bonds is 6. The summed E-state index contributed by atoms with van der Waals surface area (Å²) in [6, 6.07) is 0. The van der Waals surface area contributed by atoms with E-state index in [1.54, 1.807) is 13.3 Å². The van der Waals surface area contributed by atoms with E-state index in [-0.39, 0.29) is 11.2 Å². The SMILES string of the molecule is CCOC(=O)c1ncn(C(CC)(CC)CC)c1N. The molecule has 0 unspecified atom stereocenters. The van der Waals surface area contributed by atoms with Gasteiger partial charge in [0, 0.05) is 5.54 Å². The Morgan fingerprint density at radius 2 is 1.89 bits per heavy atom. The molecule has 5 nitrogen and oxygen atoms in total. The maximum Gasteiger partial charge on any atom is 0.360 e. The van der Waals surface area contributed by atoms with Gasteiger partial charge < -0.3 is 15.0 Å². The molecule has 0 saturated carbocycles. The smallest absolute Gasteiger partial charge is 0.360 e. The number of hydrogen-bond donors (Lipinski definition) is 1. The number of imidazole rings is 1. The molecular formula is C13H23N3O2. The van der Waals surface area contributed by atoms with Crippen molar-refractivity contribution in [1.82, 2.24) is 9.55 Å². The fourth-order valence-corrected chi connectivity index (χ4v) is 2.35. The van der Waals surface area contributed by atoms with E-state index in [1.807, 2.05) is 4.57 Å². The first-order valence-electron chi connectivity index (χ1n) is 6.56. The van der Waals surface area contributed by atoms with Gasteiger partial charge in [-0.05, 0) is 26.2 Å². The molecule has 0 saturated heterocycles. The summed E-state index contributed by atoms with van der Waals surface area (Å²) >= 11 is 0. The van der Waals surface area contributed by atoms with E-state index < -0.39 is 5.97 Å². The van der Waals surface area contributed by atoms with Gasteiger partial charge in [0.15, 0.2) is 5.69 Å². The van der Waals surface area contributed by atoms with Gasteiger partial charge >= 0.3 is 5.97 Å². The number of carbonyl (C=O) groups excluding carboxylic acids is 1. The lowest BCUT2D eigenvalue weighted by Crippen LogP contribution is -2.32. The van der Waals surface area contributed by atoms with Crippen molar-refractivity contribution in [3.05, 3.63) is 12.0 Å². The fraction of sp³-hybridized carbons (Fsp3) is 0.692. The molecule has 0 aliphatic carbocycles. The Kier molecular flexibility index (Phi) is 4.76. The number of carbonyl (C=O) groups is 1. The maximum absolute atomic E-state index is 11.7. The Bertz CT molecular complexity index is 400. The van der Waals surface area contributed by atoms with Crippen LogP contribution in [0.2, 0.25) is 0 Å². The van der Waals surface area contributed by atoms with Gasteiger partial charge in [0.1, 0.15) is 5.82 Å². The quantitative estimate of drug-likeness (QED) is 0.791. The van der Waals surface area contributed by atoms with Gasteiger partial charge in [-0.1, -0.05) is 20.8 Å². The van der Waals surface area contributed by atoms with Crippen molar-refractivity contribution in [2.75, 3.05) is 12.3 Å². The lowest BCUT2D eigenvalue weighted by molar-refractivity contribution is 0.0521. The summed E-state index contributed by atoms with van der Waals surface area (Å²) in [6.45, 7) is 8.45. The molecule has 0 spiro atoms. The summed E-state index contributed by atoms with van der Waals surface area (Å²) < 4.78 is 6.86. The monoisotopic (exact) mass is 253 g/mol. The van der Waals surface area contributed by atoms with Crippen molar-refractivity contribution in [1.29, 1.82) is 0 Å². The molecule has 0 bridgehead atoms. The lowest BCUT2D eigenvalue weighted by atomic mass is 9.89. The molecule has 1 aromatic rings. The number of nitrogens with two attached hydrogens (primary N) is 1. The van der Waals surface area contributed by atoms with Crippen LogP contribution in [0.4, 0.5) is 5.82 Å². The van der Waals surface area contributed by atoms with E-state index in [4.69, 9.17) is 10.5 Å². The Morgan fingerprint density at radius 3 is 2.33 bits per heavy atom. The number of ether oxygens (including phenoxy) is 1. The normalized spacial score (nSPS) is 11.6. The van der Waals surface area contributed by atoms with E-state index in [0.717, 1.165) is 19.3 Å². The predicted molar refractivity (Wildman–Crippen MR) is 71.4 cm³/mol. The second-order valence-corrected chi connectivity index (χ2v) is 4.35. The topological polar surface area (TPSA) is 70.1 Å². The van der Waals surface area contributed by atoms with Gasteiger partial charge in [-0.2, -0.15) is 0 Å². The van der Waals surface area contributed by atoms with Crippen molar-refractivity contribution in [2.24, 2.45) is 0 Å². The number of nitrogens with zero attached hydrogens (tertiary/aromatic N) is 2. The standard InChI is InChI=1S/C13H23N3O2/c1-5-13(6-2,7-3)16-9-15-10(11(16)14)12(17)18-8-4/h9H,5-8,14H2,1-4H3. The van der Waals surface area contributed by atoms with Crippen LogP contribution in [0.1, 0.15) is 57.4 Å². The minimum Gasteiger partial charge on any atom is -0.461 e. The molecule has 0 radical (unpaired) electrons. The number of anilines is 1. The molecule has 2 N–H and O–H groups in total. The summed E-state index contributed by atoms with van der Waals surface area (Å²) in [4.78, 5) is 15.8. The minimum atomic E-state index is -0.453. The number of aromatic nitrogens is 2. The fourth-order valence-electron chi connectivity index (χ4n) is 2.35. The zero-order chi connectivity index (χ0) is 13.8. The highest BCUT2D eigenvalue weighted by atomic mass is 16.5.